The topological polar surface area (TPSA) is 51.0 Å². The quantitative estimate of drug-likeness (QED) is 0.781. The van der Waals surface area contributed by atoms with Crippen molar-refractivity contribution in [2.24, 2.45) is 0 Å². The zero-order chi connectivity index (χ0) is 14.7. The van der Waals surface area contributed by atoms with E-state index in [0.717, 1.165) is 12.7 Å². The van der Waals surface area contributed by atoms with E-state index >= 15 is 0 Å². The number of carbonyl (C=O) groups excluding carboxylic acids is 1. The molecule has 0 aliphatic rings. The third kappa shape index (κ3) is 3.29. The molecule has 0 saturated carbocycles. The third-order valence-corrected chi connectivity index (χ3v) is 3.32. The molecule has 0 bridgehead atoms. The average Bonchev–Trinajstić information content (AvgIpc) is 2.76. The van der Waals surface area contributed by atoms with Crippen LogP contribution in [0.5, 0.6) is 0 Å². The Morgan fingerprint density at radius 1 is 1.40 bits per heavy atom. The van der Waals surface area contributed by atoms with Crippen LogP contribution in [0.25, 0.3) is 0 Å². The molecule has 0 saturated heterocycles. The van der Waals surface area contributed by atoms with Crippen LogP contribution in [0, 0.1) is 5.82 Å². The molecule has 5 nitrogen and oxygen atoms in total. The van der Waals surface area contributed by atoms with E-state index in [4.69, 9.17) is 0 Å². The Balaban J connectivity index is 2.32. The van der Waals surface area contributed by atoms with Crippen LogP contribution in [-0.2, 0) is 6.54 Å². The molecule has 2 aromatic rings. The molecule has 2 heterocycles. The van der Waals surface area contributed by atoms with Gasteiger partial charge >= 0.3 is 0 Å². The summed E-state index contributed by atoms with van der Waals surface area (Å²) in [5, 5.41) is 4.16. The van der Waals surface area contributed by atoms with Crippen molar-refractivity contribution in [3.05, 3.63) is 46.2 Å². The van der Waals surface area contributed by atoms with E-state index in [1.807, 2.05) is 19.0 Å². The second-order valence-corrected chi connectivity index (χ2v) is 5.44. The fourth-order valence-electron chi connectivity index (χ4n) is 1.73. The van der Waals surface area contributed by atoms with Gasteiger partial charge in [-0.25, -0.2) is 4.39 Å². The summed E-state index contributed by atoms with van der Waals surface area (Å²) in [6.45, 7) is 1.32. The smallest absolute Gasteiger partial charge is 0.213 e. The highest BCUT2D eigenvalue weighted by Crippen LogP contribution is 2.20. The first-order valence-electron chi connectivity index (χ1n) is 6.00. The number of carbonyl (C=O) groups is 1. The van der Waals surface area contributed by atoms with E-state index in [1.165, 1.54) is 12.3 Å². The number of aromatic nitrogens is 3. The summed E-state index contributed by atoms with van der Waals surface area (Å²) in [7, 11) is 3.88. The minimum Gasteiger partial charge on any atom is -0.308 e. The van der Waals surface area contributed by atoms with E-state index in [2.05, 4.69) is 26.0 Å². The third-order valence-electron chi connectivity index (χ3n) is 2.74. The van der Waals surface area contributed by atoms with E-state index < -0.39 is 5.82 Å². The van der Waals surface area contributed by atoms with Gasteiger partial charge in [0.05, 0.1) is 23.4 Å². The maximum Gasteiger partial charge on any atom is 0.213 e. The number of pyridine rings is 1. The van der Waals surface area contributed by atoms with Crippen molar-refractivity contribution >= 4 is 21.7 Å². The molecule has 106 valence electrons. The second kappa shape index (κ2) is 6.23. The number of likely N-dealkylation sites (N-methyl/N-ethyl adjacent to an activating group) is 1. The van der Waals surface area contributed by atoms with Crippen LogP contribution >= 0.6 is 15.9 Å². The Hall–Kier alpha value is -1.60. The highest BCUT2D eigenvalue weighted by atomic mass is 79.9. The Morgan fingerprint density at radius 2 is 2.15 bits per heavy atom. The molecule has 0 aliphatic heterocycles. The van der Waals surface area contributed by atoms with Crippen molar-refractivity contribution < 1.29 is 9.18 Å². The minimum absolute atomic E-state index is 0.206. The van der Waals surface area contributed by atoms with Crippen LogP contribution < -0.4 is 0 Å². The Kier molecular flexibility index (Phi) is 4.61. The van der Waals surface area contributed by atoms with Crippen molar-refractivity contribution in [1.82, 2.24) is 19.7 Å². The summed E-state index contributed by atoms with van der Waals surface area (Å²) >= 11 is 3.31. The van der Waals surface area contributed by atoms with Crippen LogP contribution in [0.4, 0.5) is 4.39 Å². The minimum atomic E-state index is -0.536. The molecule has 0 amide bonds. The number of ketones is 1. The van der Waals surface area contributed by atoms with Crippen molar-refractivity contribution in [2.45, 2.75) is 6.54 Å². The van der Waals surface area contributed by atoms with Gasteiger partial charge in [0, 0.05) is 18.3 Å². The van der Waals surface area contributed by atoms with Gasteiger partial charge in [0.25, 0.3) is 0 Å². The molecule has 7 heteroatoms. The van der Waals surface area contributed by atoms with Gasteiger partial charge in [0.2, 0.25) is 5.78 Å². The van der Waals surface area contributed by atoms with Gasteiger partial charge in [0.1, 0.15) is 11.5 Å². The summed E-state index contributed by atoms with van der Waals surface area (Å²) < 4.78 is 15.4. The fraction of sp³-hybridized carbons (Fsp3) is 0.308. The number of halogens is 2. The van der Waals surface area contributed by atoms with Gasteiger partial charge in [-0.05, 0) is 36.1 Å². The van der Waals surface area contributed by atoms with E-state index in [9.17, 15) is 9.18 Å². The summed E-state index contributed by atoms with van der Waals surface area (Å²) in [6.07, 6.45) is 3.98. The van der Waals surface area contributed by atoms with Crippen LogP contribution in [0.3, 0.4) is 0 Å². The van der Waals surface area contributed by atoms with E-state index in [-0.39, 0.29) is 11.3 Å². The van der Waals surface area contributed by atoms with Gasteiger partial charge in [-0.15, -0.1) is 0 Å². The molecule has 0 spiro atoms. The molecular formula is C13H14BrFN4O. The highest BCUT2D eigenvalue weighted by Gasteiger charge is 2.19. The molecular weight excluding hydrogens is 327 g/mol. The van der Waals surface area contributed by atoms with Crippen molar-refractivity contribution in [3.8, 4) is 0 Å². The molecule has 0 atom stereocenters. The molecule has 2 aromatic heterocycles. The Morgan fingerprint density at radius 3 is 2.80 bits per heavy atom. The fourth-order valence-corrected chi connectivity index (χ4v) is 2.20. The van der Waals surface area contributed by atoms with Crippen LogP contribution in [0.15, 0.2) is 29.1 Å². The summed E-state index contributed by atoms with van der Waals surface area (Å²) in [4.78, 5) is 18.1. The SMILES string of the molecule is CN(C)CCn1ncc(Br)c1C(=O)c1cncc(F)c1. The maximum absolute atomic E-state index is 13.2. The first kappa shape index (κ1) is 14.8. The number of hydrogen-bond donors (Lipinski definition) is 0. The lowest BCUT2D eigenvalue weighted by Crippen LogP contribution is -2.21. The first-order chi connectivity index (χ1) is 9.49. The molecule has 0 fully saturated rings. The highest BCUT2D eigenvalue weighted by molar-refractivity contribution is 9.10. The molecule has 0 aromatic carbocycles. The lowest BCUT2D eigenvalue weighted by atomic mass is 10.1. The van der Waals surface area contributed by atoms with Crippen molar-refractivity contribution in [2.75, 3.05) is 20.6 Å². The number of hydrogen-bond acceptors (Lipinski definition) is 4. The summed E-state index contributed by atoms with van der Waals surface area (Å²) in [6, 6.07) is 1.17. The lowest BCUT2D eigenvalue weighted by molar-refractivity contribution is 0.102. The molecule has 2 rings (SSSR count). The Labute approximate surface area is 124 Å². The number of nitrogens with zero attached hydrogens (tertiary/aromatic N) is 4. The van der Waals surface area contributed by atoms with Crippen LogP contribution in [0.2, 0.25) is 0 Å². The average molecular weight is 341 g/mol. The maximum atomic E-state index is 13.2. The van der Waals surface area contributed by atoms with Gasteiger partial charge in [0.15, 0.2) is 0 Å². The normalized spacial score (nSPS) is 11.1. The van der Waals surface area contributed by atoms with Gasteiger partial charge < -0.3 is 4.90 Å². The van der Waals surface area contributed by atoms with E-state index in [1.54, 1.807) is 10.9 Å². The standard InChI is InChI=1S/C13H14BrFN4O/c1-18(2)3-4-19-12(11(14)8-17-19)13(20)9-5-10(15)7-16-6-9/h5-8H,3-4H2,1-2H3. The summed E-state index contributed by atoms with van der Waals surface area (Å²) in [5.41, 5.74) is 0.608. The van der Waals surface area contributed by atoms with Gasteiger partial charge in [-0.1, -0.05) is 0 Å². The monoisotopic (exact) mass is 340 g/mol. The van der Waals surface area contributed by atoms with Crippen molar-refractivity contribution in [3.63, 3.8) is 0 Å². The van der Waals surface area contributed by atoms with Gasteiger partial charge in [-0.3, -0.25) is 14.5 Å². The summed E-state index contributed by atoms with van der Waals surface area (Å²) in [5.74, 6) is -0.841. The van der Waals surface area contributed by atoms with Gasteiger partial charge in [-0.2, -0.15) is 5.10 Å². The largest absolute Gasteiger partial charge is 0.308 e. The van der Waals surface area contributed by atoms with Crippen molar-refractivity contribution in [1.29, 1.82) is 0 Å². The zero-order valence-electron chi connectivity index (χ0n) is 11.2. The van der Waals surface area contributed by atoms with Crippen LogP contribution in [0.1, 0.15) is 16.1 Å². The molecule has 0 aliphatic carbocycles. The first-order valence-corrected chi connectivity index (χ1v) is 6.79. The van der Waals surface area contributed by atoms with Crippen LogP contribution in [-0.4, -0.2) is 46.1 Å². The number of rotatable bonds is 5. The molecule has 20 heavy (non-hydrogen) atoms. The molecule has 0 radical (unpaired) electrons. The molecule has 0 unspecified atom stereocenters. The predicted molar refractivity (Wildman–Crippen MR) is 76.1 cm³/mol. The Bertz CT molecular complexity index is 627. The molecule has 0 N–H and O–H groups in total. The zero-order valence-corrected chi connectivity index (χ0v) is 12.8. The second-order valence-electron chi connectivity index (χ2n) is 4.59. The predicted octanol–water partition coefficient (Wildman–Crippen LogP) is 1.97. The van der Waals surface area contributed by atoms with E-state index in [0.29, 0.717) is 16.7 Å². The lowest BCUT2D eigenvalue weighted by Gasteiger charge is -2.11.